The number of rotatable bonds is 4. The van der Waals surface area contributed by atoms with E-state index in [0.717, 1.165) is 5.69 Å². The molecule has 0 aliphatic rings. The van der Waals surface area contributed by atoms with Gasteiger partial charge in [-0.15, -0.1) is 0 Å². The number of imidazole rings is 1. The van der Waals surface area contributed by atoms with Crippen molar-refractivity contribution < 1.29 is 0 Å². The van der Waals surface area contributed by atoms with Gasteiger partial charge < -0.3 is 10.3 Å². The minimum atomic E-state index is -0.0533. The monoisotopic (exact) mass is 277 g/mol. The van der Waals surface area contributed by atoms with Crippen molar-refractivity contribution in [1.29, 1.82) is 0 Å². The Morgan fingerprint density at radius 3 is 1.90 bits per heavy atom. The Morgan fingerprint density at radius 1 is 0.905 bits per heavy atom. The van der Waals surface area contributed by atoms with Gasteiger partial charge in [0.1, 0.15) is 0 Å². The second-order valence-corrected chi connectivity index (χ2v) is 5.24. The van der Waals surface area contributed by atoms with E-state index in [9.17, 15) is 0 Å². The molecule has 3 rings (SSSR count). The lowest BCUT2D eigenvalue weighted by molar-refractivity contribution is 0.608. The fraction of sp³-hybridized carbons (Fsp3) is 0.167. The molecular formula is C18H19N3. The van der Waals surface area contributed by atoms with Gasteiger partial charge in [-0.3, -0.25) is 0 Å². The van der Waals surface area contributed by atoms with Crippen LogP contribution >= 0.6 is 0 Å². The third-order valence-electron chi connectivity index (χ3n) is 3.67. The average molecular weight is 277 g/mol. The van der Waals surface area contributed by atoms with Gasteiger partial charge in [0.2, 0.25) is 0 Å². The van der Waals surface area contributed by atoms with E-state index in [1.807, 2.05) is 31.6 Å². The van der Waals surface area contributed by atoms with Gasteiger partial charge in [0.05, 0.1) is 18.1 Å². The summed E-state index contributed by atoms with van der Waals surface area (Å²) in [6.45, 7) is 1.99. The van der Waals surface area contributed by atoms with Crippen LogP contribution in [-0.2, 0) is 0 Å². The normalized spacial score (nSPS) is 12.5. The Labute approximate surface area is 125 Å². The van der Waals surface area contributed by atoms with E-state index in [0.29, 0.717) is 0 Å². The Kier molecular flexibility index (Phi) is 3.84. The topological polar surface area (TPSA) is 43.8 Å². The molecule has 0 fully saturated rings. The zero-order chi connectivity index (χ0) is 14.7. The molecular weight excluding hydrogens is 258 g/mol. The van der Waals surface area contributed by atoms with Gasteiger partial charge in [-0.2, -0.15) is 0 Å². The van der Waals surface area contributed by atoms with E-state index in [2.05, 4.69) is 58.1 Å². The Morgan fingerprint density at radius 2 is 1.43 bits per heavy atom. The molecule has 0 saturated carbocycles. The van der Waals surface area contributed by atoms with Gasteiger partial charge in [0, 0.05) is 12.2 Å². The van der Waals surface area contributed by atoms with Crippen LogP contribution in [0.15, 0.2) is 73.2 Å². The molecule has 1 atom stereocenters. The summed E-state index contributed by atoms with van der Waals surface area (Å²) in [4.78, 5) is 4.30. The lowest BCUT2D eigenvalue weighted by atomic mass is 9.98. The van der Waals surface area contributed by atoms with Crippen molar-refractivity contribution in [3.8, 4) is 0 Å². The number of benzene rings is 2. The van der Waals surface area contributed by atoms with Crippen LogP contribution in [0.5, 0.6) is 0 Å². The zero-order valence-electron chi connectivity index (χ0n) is 12.1. The Hall–Kier alpha value is -2.39. The maximum Gasteiger partial charge on any atom is 0.0957 e. The van der Waals surface area contributed by atoms with Crippen LogP contribution in [0.1, 0.15) is 35.8 Å². The van der Waals surface area contributed by atoms with Crippen LogP contribution < -0.4 is 5.73 Å². The predicted octanol–water partition coefficient (Wildman–Crippen LogP) is 3.54. The minimum absolute atomic E-state index is 0.0533. The van der Waals surface area contributed by atoms with E-state index >= 15 is 0 Å². The second-order valence-electron chi connectivity index (χ2n) is 5.24. The average Bonchev–Trinajstić information content (AvgIpc) is 2.99. The molecule has 21 heavy (non-hydrogen) atoms. The number of hydrogen-bond acceptors (Lipinski definition) is 2. The van der Waals surface area contributed by atoms with E-state index in [1.54, 1.807) is 0 Å². The van der Waals surface area contributed by atoms with Gasteiger partial charge in [0.15, 0.2) is 0 Å². The largest absolute Gasteiger partial charge is 0.323 e. The van der Waals surface area contributed by atoms with Gasteiger partial charge in [-0.25, -0.2) is 4.98 Å². The van der Waals surface area contributed by atoms with E-state index in [-0.39, 0.29) is 12.1 Å². The van der Waals surface area contributed by atoms with Crippen LogP contribution in [0.2, 0.25) is 0 Å². The minimum Gasteiger partial charge on any atom is -0.323 e. The van der Waals surface area contributed by atoms with Gasteiger partial charge in [-0.1, -0.05) is 60.7 Å². The van der Waals surface area contributed by atoms with Gasteiger partial charge in [-0.05, 0) is 18.1 Å². The van der Waals surface area contributed by atoms with Crippen LogP contribution in [0.3, 0.4) is 0 Å². The number of aromatic nitrogens is 2. The molecule has 0 aliphatic heterocycles. The summed E-state index contributed by atoms with van der Waals surface area (Å²) in [6, 6.07) is 20.9. The molecule has 0 unspecified atom stereocenters. The molecule has 1 aromatic heterocycles. The quantitative estimate of drug-likeness (QED) is 0.792. The van der Waals surface area contributed by atoms with E-state index < -0.39 is 0 Å². The van der Waals surface area contributed by atoms with Crippen LogP contribution in [0, 0.1) is 0 Å². The first-order chi connectivity index (χ1) is 10.3. The highest BCUT2D eigenvalue weighted by Gasteiger charge is 2.19. The SMILES string of the molecule is C[C@@H](N)c1cncn1C(c1ccccc1)c1ccccc1. The van der Waals surface area contributed by atoms with Crippen molar-refractivity contribution >= 4 is 0 Å². The van der Waals surface area contributed by atoms with Crippen molar-refractivity contribution in [2.75, 3.05) is 0 Å². The first-order valence-corrected chi connectivity index (χ1v) is 7.14. The summed E-state index contributed by atoms with van der Waals surface area (Å²) >= 11 is 0. The van der Waals surface area contributed by atoms with E-state index in [1.165, 1.54) is 11.1 Å². The van der Waals surface area contributed by atoms with Crippen LogP contribution in [0.25, 0.3) is 0 Å². The molecule has 0 aliphatic carbocycles. The standard InChI is InChI=1S/C18H19N3/c1-14(19)17-12-20-13-21(17)18(15-8-4-2-5-9-15)16-10-6-3-7-11-16/h2-14,18H,19H2,1H3/t14-/m1/s1. The summed E-state index contributed by atoms with van der Waals surface area (Å²) < 4.78 is 2.16. The molecule has 2 N–H and O–H groups in total. The third-order valence-corrected chi connectivity index (χ3v) is 3.67. The lowest BCUT2D eigenvalue weighted by Gasteiger charge is -2.23. The Bertz CT molecular complexity index is 647. The number of hydrogen-bond donors (Lipinski definition) is 1. The summed E-state index contributed by atoms with van der Waals surface area (Å²) in [5.41, 5.74) is 9.58. The first kappa shape index (κ1) is 13.6. The fourth-order valence-electron chi connectivity index (χ4n) is 2.67. The molecule has 106 valence electrons. The maximum atomic E-state index is 6.09. The molecule has 0 bridgehead atoms. The smallest absolute Gasteiger partial charge is 0.0957 e. The lowest BCUT2D eigenvalue weighted by Crippen LogP contribution is -2.18. The number of nitrogens with two attached hydrogens (primary N) is 1. The van der Waals surface area contributed by atoms with Crippen molar-refractivity contribution in [3.63, 3.8) is 0 Å². The number of nitrogens with zero attached hydrogens (tertiary/aromatic N) is 2. The fourth-order valence-corrected chi connectivity index (χ4v) is 2.67. The molecule has 1 heterocycles. The molecule has 2 aromatic carbocycles. The molecule has 0 radical (unpaired) electrons. The zero-order valence-corrected chi connectivity index (χ0v) is 12.1. The van der Waals surface area contributed by atoms with Gasteiger partial charge >= 0.3 is 0 Å². The van der Waals surface area contributed by atoms with Gasteiger partial charge in [0.25, 0.3) is 0 Å². The highest BCUT2D eigenvalue weighted by atomic mass is 15.1. The van der Waals surface area contributed by atoms with Crippen molar-refractivity contribution in [1.82, 2.24) is 9.55 Å². The first-order valence-electron chi connectivity index (χ1n) is 7.14. The molecule has 0 saturated heterocycles. The van der Waals surface area contributed by atoms with Crippen LogP contribution in [0.4, 0.5) is 0 Å². The summed E-state index contributed by atoms with van der Waals surface area (Å²) in [5.74, 6) is 0. The molecule has 0 amide bonds. The Balaban J connectivity index is 2.15. The maximum absolute atomic E-state index is 6.09. The van der Waals surface area contributed by atoms with Crippen molar-refractivity contribution in [2.24, 2.45) is 5.73 Å². The third kappa shape index (κ3) is 2.73. The van der Waals surface area contributed by atoms with Crippen molar-refractivity contribution in [3.05, 3.63) is 90.0 Å². The van der Waals surface area contributed by atoms with Crippen LogP contribution in [-0.4, -0.2) is 9.55 Å². The highest BCUT2D eigenvalue weighted by molar-refractivity contribution is 5.33. The second kappa shape index (κ2) is 5.94. The highest BCUT2D eigenvalue weighted by Crippen LogP contribution is 2.29. The molecule has 3 nitrogen and oxygen atoms in total. The summed E-state index contributed by atoms with van der Waals surface area (Å²) in [5, 5.41) is 0. The molecule has 3 heteroatoms. The van der Waals surface area contributed by atoms with E-state index in [4.69, 9.17) is 5.73 Å². The van der Waals surface area contributed by atoms with Crippen molar-refractivity contribution in [2.45, 2.75) is 19.0 Å². The predicted molar refractivity (Wildman–Crippen MR) is 85.0 cm³/mol. The summed E-state index contributed by atoms with van der Waals surface area (Å²) in [7, 11) is 0. The molecule has 3 aromatic rings. The summed E-state index contributed by atoms with van der Waals surface area (Å²) in [6.07, 6.45) is 3.72. The molecule has 0 spiro atoms.